The highest BCUT2D eigenvalue weighted by atomic mass is 32.1. The van der Waals surface area contributed by atoms with Crippen molar-refractivity contribution in [3.63, 3.8) is 0 Å². The predicted octanol–water partition coefficient (Wildman–Crippen LogP) is 2.20. The topological polar surface area (TPSA) is 196 Å². The number of rotatable bonds is 13. The third kappa shape index (κ3) is 8.38. The second-order valence-corrected chi connectivity index (χ2v) is 13.5. The fourth-order valence-electron chi connectivity index (χ4n) is 6.42. The molecular formula is C40H40N2O12S. The molecule has 4 aromatic rings. The lowest BCUT2D eigenvalue weighted by molar-refractivity contribution is -0.228. The number of hydrogen-bond acceptors (Lipinski definition) is 13. The van der Waals surface area contributed by atoms with Crippen LogP contribution >= 0.6 is 12.2 Å². The van der Waals surface area contributed by atoms with Crippen LogP contribution in [0.15, 0.2) is 115 Å². The van der Waals surface area contributed by atoms with Crippen LogP contribution in [-0.4, -0.2) is 122 Å². The first-order valence-electron chi connectivity index (χ1n) is 17.4. The van der Waals surface area contributed by atoms with Crippen molar-refractivity contribution in [1.29, 1.82) is 0 Å². The van der Waals surface area contributed by atoms with Gasteiger partial charge in [-0.05, 0) is 67.7 Å². The summed E-state index contributed by atoms with van der Waals surface area (Å²) in [5, 5.41) is 54.9. The molecule has 2 fully saturated rings. The molecule has 2 aliphatic heterocycles. The van der Waals surface area contributed by atoms with Crippen LogP contribution in [0.2, 0.25) is 0 Å². The lowest BCUT2D eigenvalue weighted by Crippen LogP contribution is -2.66. The summed E-state index contributed by atoms with van der Waals surface area (Å²) in [7, 11) is 0. The summed E-state index contributed by atoms with van der Waals surface area (Å²) >= 11 is 5.91. The van der Waals surface area contributed by atoms with E-state index in [1.165, 1.54) is 41.3 Å². The Balaban J connectivity index is 1.45. The fraction of sp³-hybridized carbons (Fsp3) is 0.300. The van der Waals surface area contributed by atoms with Crippen LogP contribution in [-0.2, 0) is 18.9 Å². The zero-order valence-electron chi connectivity index (χ0n) is 29.5. The molecule has 14 nitrogen and oxygen atoms in total. The predicted molar refractivity (Wildman–Crippen MR) is 200 cm³/mol. The number of thiocarbonyl (C=S) groups is 1. The van der Waals surface area contributed by atoms with E-state index in [2.05, 4.69) is 0 Å². The van der Waals surface area contributed by atoms with Crippen molar-refractivity contribution in [2.45, 2.75) is 55.5 Å². The molecule has 4 aromatic carbocycles. The van der Waals surface area contributed by atoms with Gasteiger partial charge in [0.1, 0.15) is 31.0 Å². The van der Waals surface area contributed by atoms with Crippen molar-refractivity contribution in [1.82, 2.24) is 4.90 Å². The Labute approximate surface area is 321 Å². The van der Waals surface area contributed by atoms with Gasteiger partial charge < -0.3 is 49.4 Å². The Hall–Kier alpha value is -5.26. The highest BCUT2D eigenvalue weighted by Crippen LogP contribution is 2.41. The first kappa shape index (κ1) is 39.4. The first-order valence-corrected chi connectivity index (χ1v) is 17.8. The van der Waals surface area contributed by atoms with Crippen molar-refractivity contribution >= 4 is 40.9 Å². The minimum Gasteiger partial charge on any atom is -0.459 e. The molecule has 0 bridgehead atoms. The number of aryl methyl sites for hydroxylation is 1. The summed E-state index contributed by atoms with van der Waals surface area (Å²) in [5.41, 5.74) is -0.804. The molecule has 0 amide bonds. The largest absolute Gasteiger partial charge is 0.459 e. The maximum atomic E-state index is 13.8. The maximum Gasteiger partial charge on any atom is 0.338 e. The first-order chi connectivity index (χ1) is 26.4. The number of β-amino-alcohol motifs (C(OH)–C–C–N with tert-alkyl or cyclic N) is 1. The van der Waals surface area contributed by atoms with E-state index in [4.69, 9.17) is 31.2 Å². The van der Waals surface area contributed by atoms with Crippen LogP contribution in [0.3, 0.4) is 0 Å². The SMILES string of the molecule is Cc1ccc(N2CC(O)([C@@H](O)[C@H](O)[C@H](O)CO)N([C@@H]3O[C@H](COC(=O)c4ccccc4)[C@@H](OC(=O)c4ccccc4)[C@H]3OC(=O)c3ccccc3)C2=S)cc1. The average molecular weight is 773 g/mol. The third-order valence-electron chi connectivity index (χ3n) is 9.40. The molecule has 15 heteroatoms. The van der Waals surface area contributed by atoms with Gasteiger partial charge in [0.05, 0.1) is 29.8 Å². The zero-order chi connectivity index (χ0) is 39.3. The van der Waals surface area contributed by atoms with E-state index in [1.54, 1.807) is 78.9 Å². The van der Waals surface area contributed by atoms with Gasteiger partial charge >= 0.3 is 17.9 Å². The Morgan fingerprint density at radius 3 is 1.78 bits per heavy atom. The Morgan fingerprint density at radius 2 is 1.27 bits per heavy atom. The standard InChI is InChI=1S/C40H40N2O12S/c1-24-17-19-28(20-18-24)41-23-40(50,34(46)31(45)29(44)21-43)42(39(41)55)35-33(54-38(49)27-15-9-4-10-16-27)32(53-37(48)26-13-7-3-8-14-26)30(52-35)22-51-36(47)25-11-5-2-6-12-25/h2-20,29-35,43-46,50H,21-23H2,1H3/t29-,30-,31-,32-,33-,34+,35-,40?/m1/s1. The molecule has 1 unspecified atom stereocenters. The van der Waals surface area contributed by atoms with Gasteiger partial charge in [0.2, 0.25) is 0 Å². The van der Waals surface area contributed by atoms with Crippen molar-refractivity contribution in [2.24, 2.45) is 0 Å². The molecule has 5 N–H and O–H groups in total. The molecule has 0 spiro atoms. The molecule has 0 aromatic heterocycles. The van der Waals surface area contributed by atoms with Crippen LogP contribution < -0.4 is 4.90 Å². The van der Waals surface area contributed by atoms with Gasteiger partial charge in [0.25, 0.3) is 0 Å². The van der Waals surface area contributed by atoms with Gasteiger partial charge in [-0.3, -0.25) is 4.90 Å². The normalized spacial score (nSPS) is 23.9. The zero-order valence-corrected chi connectivity index (χ0v) is 30.3. The van der Waals surface area contributed by atoms with Crippen molar-refractivity contribution in [3.05, 3.63) is 138 Å². The Kier molecular flexibility index (Phi) is 12.2. The van der Waals surface area contributed by atoms with E-state index in [1.807, 2.05) is 6.92 Å². The van der Waals surface area contributed by atoms with Gasteiger partial charge in [-0.25, -0.2) is 14.4 Å². The summed E-state index contributed by atoms with van der Waals surface area (Å²) < 4.78 is 24.1. The van der Waals surface area contributed by atoms with E-state index in [0.717, 1.165) is 10.5 Å². The minimum absolute atomic E-state index is 0.107. The highest BCUT2D eigenvalue weighted by Gasteiger charge is 2.63. The number of nitrogens with zero attached hydrogens (tertiary/aromatic N) is 2. The molecule has 2 heterocycles. The smallest absolute Gasteiger partial charge is 0.338 e. The van der Waals surface area contributed by atoms with E-state index in [9.17, 15) is 39.9 Å². The van der Waals surface area contributed by atoms with Crippen molar-refractivity contribution < 1.29 is 58.9 Å². The number of aliphatic hydroxyl groups is 5. The molecule has 288 valence electrons. The number of esters is 3. The van der Waals surface area contributed by atoms with Crippen LogP contribution in [0.4, 0.5) is 5.69 Å². The molecule has 6 rings (SSSR count). The van der Waals surface area contributed by atoms with E-state index in [0.29, 0.717) is 5.69 Å². The number of carbonyl (C=O) groups excluding carboxylic acids is 3. The summed E-state index contributed by atoms with van der Waals surface area (Å²) in [4.78, 5) is 43.0. The monoisotopic (exact) mass is 772 g/mol. The molecule has 2 aliphatic rings. The van der Waals surface area contributed by atoms with Crippen LogP contribution in [0.25, 0.3) is 0 Å². The quantitative estimate of drug-likeness (QED) is 0.0754. The van der Waals surface area contributed by atoms with Gasteiger partial charge in [-0.2, -0.15) is 0 Å². The lowest BCUT2D eigenvalue weighted by atomic mass is 9.96. The summed E-state index contributed by atoms with van der Waals surface area (Å²) in [6.45, 7) is -0.174. The molecule has 0 aliphatic carbocycles. The third-order valence-corrected chi connectivity index (χ3v) is 9.82. The molecule has 8 atom stereocenters. The van der Waals surface area contributed by atoms with E-state index < -0.39 is 86.2 Å². The molecule has 55 heavy (non-hydrogen) atoms. The molecule has 0 saturated carbocycles. The van der Waals surface area contributed by atoms with E-state index in [-0.39, 0.29) is 21.8 Å². The molecule has 0 radical (unpaired) electrons. The number of anilines is 1. The second-order valence-electron chi connectivity index (χ2n) is 13.1. The fourth-order valence-corrected chi connectivity index (χ4v) is 6.85. The summed E-state index contributed by atoms with van der Waals surface area (Å²) in [5.74, 6) is -2.48. The van der Waals surface area contributed by atoms with Gasteiger partial charge in [-0.15, -0.1) is 0 Å². The number of ether oxygens (including phenoxy) is 4. The number of carbonyl (C=O) groups is 3. The maximum absolute atomic E-state index is 13.8. The Bertz CT molecular complexity index is 1960. The van der Waals surface area contributed by atoms with Crippen LogP contribution in [0, 0.1) is 6.92 Å². The summed E-state index contributed by atoms with van der Waals surface area (Å²) in [6.07, 6.45) is -12.5. The number of hydrogen-bond donors (Lipinski definition) is 5. The lowest BCUT2D eigenvalue weighted by Gasteiger charge is -2.42. The molecular weight excluding hydrogens is 733 g/mol. The average Bonchev–Trinajstić information content (AvgIpc) is 3.68. The van der Waals surface area contributed by atoms with Crippen LogP contribution in [0.5, 0.6) is 0 Å². The summed E-state index contributed by atoms with van der Waals surface area (Å²) in [6, 6.07) is 30.9. The van der Waals surface area contributed by atoms with E-state index >= 15 is 0 Å². The second kappa shape index (κ2) is 17.0. The van der Waals surface area contributed by atoms with Gasteiger partial charge in [0.15, 0.2) is 29.3 Å². The van der Waals surface area contributed by atoms with Gasteiger partial charge in [0, 0.05) is 5.69 Å². The van der Waals surface area contributed by atoms with Crippen LogP contribution in [0.1, 0.15) is 36.6 Å². The van der Waals surface area contributed by atoms with Crippen molar-refractivity contribution in [2.75, 3.05) is 24.7 Å². The number of aliphatic hydroxyl groups excluding tert-OH is 4. The Morgan fingerprint density at radius 1 is 0.782 bits per heavy atom. The minimum atomic E-state index is -2.62. The highest BCUT2D eigenvalue weighted by molar-refractivity contribution is 7.80. The number of benzene rings is 4. The molecule has 2 saturated heterocycles. The van der Waals surface area contributed by atoms with Crippen molar-refractivity contribution in [3.8, 4) is 0 Å². The van der Waals surface area contributed by atoms with Gasteiger partial charge in [-0.1, -0.05) is 72.3 Å².